The lowest BCUT2D eigenvalue weighted by Gasteiger charge is -2.25. The van der Waals surface area contributed by atoms with E-state index >= 15 is 0 Å². The van der Waals surface area contributed by atoms with E-state index in [4.69, 9.17) is 66.7 Å². The molecule has 0 aromatic heterocycles. The summed E-state index contributed by atoms with van der Waals surface area (Å²) in [5.74, 6) is 0.872. The molecule has 0 heterocycles. The summed E-state index contributed by atoms with van der Waals surface area (Å²) in [6.07, 6.45) is 6.38. The third-order valence-electron chi connectivity index (χ3n) is 8.12. The van der Waals surface area contributed by atoms with Crippen LogP contribution in [-0.4, -0.2) is 177 Å². The highest BCUT2D eigenvalue weighted by molar-refractivity contribution is 5.31. The molecule has 0 aliphatic carbocycles. The Kier molecular flexibility index (Phi) is 38.1. The lowest BCUT2D eigenvalue weighted by atomic mass is 9.80. The van der Waals surface area contributed by atoms with Crippen molar-refractivity contribution in [1.29, 1.82) is 0 Å². The van der Waals surface area contributed by atoms with Gasteiger partial charge < -0.3 is 66.7 Å². The molecule has 0 saturated heterocycles. The summed E-state index contributed by atoms with van der Waals surface area (Å²) >= 11 is 0. The molecule has 55 heavy (non-hydrogen) atoms. The summed E-state index contributed by atoms with van der Waals surface area (Å²) in [5, 5.41) is 8.59. The van der Waals surface area contributed by atoms with Crippen LogP contribution in [0.4, 0.5) is 0 Å². The highest BCUT2D eigenvalue weighted by Gasteiger charge is 2.19. The Balaban J connectivity index is 1.71. The van der Waals surface area contributed by atoms with E-state index in [2.05, 4.69) is 45.0 Å². The first-order chi connectivity index (χ1) is 27.1. The fraction of sp³-hybridized carbons (Fsp3) is 0.854. The van der Waals surface area contributed by atoms with Crippen molar-refractivity contribution in [1.82, 2.24) is 0 Å². The molecule has 0 amide bonds. The van der Waals surface area contributed by atoms with Gasteiger partial charge in [-0.3, -0.25) is 0 Å². The second-order valence-corrected chi connectivity index (χ2v) is 13.1. The zero-order valence-corrected chi connectivity index (χ0v) is 34.5. The average Bonchev–Trinajstić information content (AvgIpc) is 3.19. The Bertz CT molecular complexity index is 892. The maximum absolute atomic E-state index is 8.59. The van der Waals surface area contributed by atoms with Crippen molar-refractivity contribution in [3.63, 3.8) is 0 Å². The van der Waals surface area contributed by atoms with Gasteiger partial charge in [0.05, 0.1) is 165 Å². The van der Waals surface area contributed by atoms with Crippen LogP contribution in [0.3, 0.4) is 0 Å². The molecular formula is C41H76O14. The van der Waals surface area contributed by atoms with Gasteiger partial charge in [-0.25, -0.2) is 0 Å². The van der Waals surface area contributed by atoms with Crippen LogP contribution in [-0.2, 0) is 62.3 Å². The van der Waals surface area contributed by atoms with Gasteiger partial charge in [-0.1, -0.05) is 58.6 Å². The van der Waals surface area contributed by atoms with Crippen molar-refractivity contribution >= 4 is 0 Å². The Hall–Kier alpha value is -1.50. The smallest absolute Gasteiger partial charge is 0.119 e. The van der Waals surface area contributed by atoms with Crippen LogP contribution in [0.5, 0.6) is 5.75 Å². The number of hydrogen-bond acceptors (Lipinski definition) is 14. The van der Waals surface area contributed by atoms with E-state index in [1.807, 2.05) is 0 Å². The lowest BCUT2D eigenvalue weighted by Crippen LogP contribution is -2.17. The van der Waals surface area contributed by atoms with E-state index in [-0.39, 0.29) is 12.0 Å². The maximum atomic E-state index is 8.59. The molecule has 0 unspecified atom stereocenters. The number of aliphatic hydroxyl groups is 1. The van der Waals surface area contributed by atoms with Crippen LogP contribution in [0, 0.1) is 0 Å². The summed E-state index contributed by atoms with van der Waals surface area (Å²) in [6.45, 7) is 19.4. The number of benzene rings is 1. The molecule has 0 atom stereocenters. The third-order valence-corrected chi connectivity index (χ3v) is 8.12. The SMILES string of the molecule is CCCCCCC(C)(C)c1ccc(OCCOCCOCCOCCOCCOCCOCCOCCOCCOCCOCCOCCOCCO)cc1. The summed E-state index contributed by atoms with van der Waals surface area (Å²) in [7, 11) is 0. The van der Waals surface area contributed by atoms with Gasteiger partial charge in [-0.05, 0) is 29.5 Å². The van der Waals surface area contributed by atoms with Crippen LogP contribution in [0.2, 0.25) is 0 Å². The monoisotopic (exact) mass is 793 g/mol. The first kappa shape index (κ1) is 51.5. The second-order valence-electron chi connectivity index (χ2n) is 13.1. The van der Waals surface area contributed by atoms with Crippen molar-refractivity contribution in [2.75, 3.05) is 172 Å². The van der Waals surface area contributed by atoms with Crippen molar-refractivity contribution < 1.29 is 66.7 Å². The predicted octanol–water partition coefficient (Wildman–Crippen LogP) is 4.50. The predicted molar refractivity (Wildman–Crippen MR) is 211 cm³/mol. The molecule has 324 valence electrons. The van der Waals surface area contributed by atoms with Crippen molar-refractivity contribution in [3.8, 4) is 5.75 Å². The fourth-order valence-electron chi connectivity index (χ4n) is 4.94. The summed E-state index contributed by atoms with van der Waals surface area (Å²) in [6, 6.07) is 8.49. The van der Waals surface area contributed by atoms with E-state index in [1.165, 1.54) is 37.7 Å². The number of rotatable bonds is 45. The fourth-order valence-corrected chi connectivity index (χ4v) is 4.94. The lowest BCUT2D eigenvalue weighted by molar-refractivity contribution is -0.0287. The van der Waals surface area contributed by atoms with Gasteiger partial charge >= 0.3 is 0 Å². The van der Waals surface area contributed by atoms with Crippen LogP contribution in [0.15, 0.2) is 24.3 Å². The molecule has 14 heteroatoms. The molecular weight excluding hydrogens is 716 g/mol. The second kappa shape index (κ2) is 40.7. The molecule has 0 aliphatic heterocycles. The standard InChI is InChI=1S/C41H76O14/c1-4-5-6-7-12-41(2,3)39-8-10-40(11-9-39)55-38-37-54-36-35-53-34-33-52-32-31-51-30-29-50-28-27-49-26-25-48-24-23-47-22-21-46-20-19-45-18-17-44-16-15-43-14-13-42/h8-11,42H,4-7,12-38H2,1-3H3. The van der Waals surface area contributed by atoms with E-state index < -0.39 is 0 Å². The van der Waals surface area contributed by atoms with Gasteiger partial charge in [0.1, 0.15) is 12.4 Å². The minimum Gasteiger partial charge on any atom is -0.491 e. The number of hydrogen-bond donors (Lipinski definition) is 1. The molecule has 0 saturated carbocycles. The van der Waals surface area contributed by atoms with Gasteiger partial charge in [0, 0.05) is 0 Å². The molecule has 0 aliphatic rings. The summed E-state index contributed by atoms with van der Waals surface area (Å²) in [4.78, 5) is 0. The zero-order valence-electron chi connectivity index (χ0n) is 34.5. The Labute approximate surface area is 331 Å². The largest absolute Gasteiger partial charge is 0.491 e. The van der Waals surface area contributed by atoms with Crippen molar-refractivity contribution in [2.45, 2.75) is 58.3 Å². The van der Waals surface area contributed by atoms with Crippen LogP contribution in [0.1, 0.15) is 58.4 Å². The molecule has 0 bridgehead atoms. The highest BCUT2D eigenvalue weighted by atomic mass is 16.6. The van der Waals surface area contributed by atoms with Gasteiger partial charge in [0.25, 0.3) is 0 Å². The first-order valence-electron chi connectivity index (χ1n) is 20.4. The van der Waals surface area contributed by atoms with Gasteiger partial charge in [-0.2, -0.15) is 0 Å². The Morgan fingerprint density at radius 2 is 0.673 bits per heavy atom. The quantitative estimate of drug-likeness (QED) is 0.0927. The molecule has 1 rings (SSSR count). The van der Waals surface area contributed by atoms with Crippen molar-refractivity contribution in [2.24, 2.45) is 0 Å². The maximum Gasteiger partial charge on any atom is 0.119 e. The Morgan fingerprint density at radius 3 is 0.964 bits per heavy atom. The Morgan fingerprint density at radius 1 is 0.382 bits per heavy atom. The molecule has 0 fully saturated rings. The minimum atomic E-state index is 0.0240. The molecule has 1 aromatic carbocycles. The van der Waals surface area contributed by atoms with Gasteiger partial charge in [0.15, 0.2) is 0 Å². The molecule has 1 N–H and O–H groups in total. The molecule has 0 spiro atoms. The summed E-state index contributed by atoms with van der Waals surface area (Å²) in [5.41, 5.74) is 1.55. The van der Waals surface area contributed by atoms with E-state index in [0.29, 0.717) is 165 Å². The topological polar surface area (TPSA) is 140 Å². The zero-order chi connectivity index (χ0) is 39.6. The van der Waals surface area contributed by atoms with E-state index in [0.717, 1.165) is 5.75 Å². The molecule has 0 radical (unpaired) electrons. The first-order valence-corrected chi connectivity index (χ1v) is 20.4. The van der Waals surface area contributed by atoms with E-state index in [9.17, 15) is 0 Å². The van der Waals surface area contributed by atoms with Crippen molar-refractivity contribution in [3.05, 3.63) is 29.8 Å². The molecule has 14 nitrogen and oxygen atoms in total. The van der Waals surface area contributed by atoms with E-state index in [1.54, 1.807) is 0 Å². The van der Waals surface area contributed by atoms with Crippen LogP contribution in [0.25, 0.3) is 0 Å². The average molecular weight is 793 g/mol. The number of unbranched alkanes of at least 4 members (excludes halogenated alkanes) is 3. The van der Waals surface area contributed by atoms with Gasteiger partial charge in [-0.15, -0.1) is 0 Å². The number of aliphatic hydroxyl groups excluding tert-OH is 1. The minimum absolute atomic E-state index is 0.0240. The summed E-state index contributed by atoms with van der Waals surface area (Å²) < 4.78 is 71.3. The van der Waals surface area contributed by atoms with Crippen LogP contribution >= 0.6 is 0 Å². The van der Waals surface area contributed by atoms with Gasteiger partial charge in [0.2, 0.25) is 0 Å². The van der Waals surface area contributed by atoms with Crippen LogP contribution < -0.4 is 4.74 Å². The molecule has 1 aromatic rings. The number of ether oxygens (including phenoxy) is 13. The normalized spacial score (nSPS) is 11.9. The highest BCUT2D eigenvalue weighted by Crippen LogP contribution is 2.30. The third kappa shape index (κ3) is 35.4.